The van der Waals surface area contributed by atoms with E-state index in [-0.39, 0.29) is 22.2 Å². The van der Waals surface area contributed by atoms with E-state index in [1.165, 1.54) is 24.8 Å². The predicted molar refractivity (Wildman–Crippen MR) is 63.3 cm³/mol. The van der Waals surface area contributed by atoms with Crippen molar-refractivity contribution in [1.29, 1.82) is 0 Å². The minimum Gasteiger partial charge on any atom is -0.313 e. The molecule has 0 atom stereocenters. The summed E-state index contributed by atoms with van der Waals surface area (Å²) < 4.78 is 0. The Morgan fingerprint density at radius 1 is 1.06 bits per heavy atom. The molecule has 1 aromatic carbocycles. The third kappa shape index (κ3) is 3.90. The molecule has 0 spiro atoms. The molecule has 0 unspecified atom stereocenters. The van der Waals surface area contributed by atoms with Crippen molar-refractivity contribution in [2.24, 2.45) is 5.73 Å². The van der Waals surface area contributed by atoms with Crippen LogP contribution in [0.3, 0.4) is 0 Å². The maximum absolute atomic E-state index is 6.30. The van der Waals surface area contributed by atoms with Crippen LogP contribution in [0.5, 0.6) is 0 Å². The third-order valence-electron chi connectivity index (χ3n) is 3.23. The zero-order valence-corrected chi connectivity index (χ0v) is 10.5. The van der Waals surface area contributed by atoms with Gasteiger partial charge in [0.1, 0.15) is 0 Å². The van der Waals surface area contributed by atoms with E-state index < -0.39 is 0 Å². The van der Waals surface area contributed by atoms with Gasteiger partial charge in [-0.05, 0) is 18.4 Å². The van der Waals surface area contributed by atoms with Crippen LogP contribution in [0.1, 0.15) is 37.7 Å². The quantitative estimate of drug-likeness (QED) is 0.649. The minimum atomic E-state index is -0.117. The maximum Gasteiger partial charge on any atom is 0.0664 e. The van der Waals surface area contributed by atoms with Crippen molar-refractivity contribution in [1.82, 2.24) is 5.32 Å². The number of benzene rings is 1. The Morgan fingerprint density at radius 3 is 2.31 bits per heavy atom. The van der Waals surface area contributed by atoms with Crippen LogP contribution in [-0.4, -0.2) is 5.66 Å². The fraction of sp³-hybridized carbons (Fsp3) is 0.538. The summed E-state index contributed by atoms with van der Waals surface area (Å²) in [5.74, 6) is 0. The van der Waals surface area contributed by atoms with E-state index in [4.69, 9.17) is 5.73 Å². The first-order chi connectivity index (χ1) is 7.29. The van der Waals surface area contributed by atoms with E-state index in [1.807, 2.05) is 6.07 Å². The summed E-state index contributed by atoms with van der Waals surface area (Å²) >= 11 is 0. The fourth-order valence-electron chi connectivity index (χ4n) is 2.23. The summed E-state index contributed by atoms with van der Waals surface area (Å²) in [7, 11) is 0. The van der Waals surface area contributed by atoms with E-state index >= 15 is 0 Å². The van der Waals surface area contributed by atoms with Crippen LogP contribution in [-0.2, 0) is 23.0 Å². The zero-order valence-electron chi connectivity index (χ0n) is 9.52. The Bertz CT molecular complexity index is 294. The van der Waals surface area contributed by atoms with Crippen LogP contribution in [0.25, 0.3) is 0 Å². The molecule has 3 N–H and O–H groups in total. The second-order valence-electron chi connectivity index (χ2n) is 4.56. The van der Waals surface area contributed by atoms with Gasteiger partial charge in [0.15, 0.2) is 0 Å². The molecule has 1 saturated carbocycles. The van der Waals surface area contributed by atoms with E-state index in [9.17, 15) is 0 Å². The standard InChI is InChI=1S/C13H20N2.Ni/c14-13(9-5-2-6-10-13)15-11-12-7-3-1-4-8-12;/h1,3-4,7-8,15H,2,5-6,9-11,14H2;. The van der Waals surface area contributed by atoms with Crippen molar-refractivity contribution in [3.05, 3.63) is 35.9 Å². The molecule has 1 aromatic rings. The number of hydrogen-bond acceptors (Lipinski definition) is 2. The first-order valence-corrected chi connectivity index (χ1v) is 5.86. The SMILES string of the molecule is NC1(NCc2ccccc2)CCCCC1.[Ni]. The molecule has 3 heteroatoms. The van der Waals surface area contributed by atoms with Crippen LogP contribution in [0.2, 0.25) is 0 Å². The fourth-order valence-corrected chi connectivity index (χ4v) is 2.23. The van der Waals surface area contributed by atoms with Crippen LogP contribution in [0.15, 0.2) is 30.3 Å². The summed E-state index contributed by atoms with van der Waals surface area (Å²) in [4.78, 5) is 0. The van der Waals surface area contributed by atoms with E-state index in [0.29, 0.717) is 0 Å². The van der Waals surface area contributed by atoms with Crippen molar-refractivity contribution in [2.45, 2.75) is 44.3 Å². The molecule has 0 radical (unpaired) electrons. The van der Waals surface area contributed by atoms with Crippen LogP contribution >= 0.6 is 0 Å². The Kier molecular flexibility index (Phi) is 5.47. The molecular weight excluding hydrogens is 243 g/mol. The molecule has 0 amide bonds. The molecule has 1 fully saturated rings. The smallest absolute Gasteiger partial charge is 0.0664 e. The largest absolute Gasteiger partial charge is 0.313 e. The van der Waals surface area contributed by atoms with Gasteiger partial charge < -0.3 is 5.73 Å². The first kappa shape index (κ1) is 13.7. The van der Waals surface area contributed by atoms with Crippen LogP contribution < -0.4 is 11.1 Å². The summed E-state index contributed by atoms with van der Waals surface area (Å²) in [6.07, 6.45) is 6.09. The third-order valence-corrected chi connectivity index (χ3v) is 3.23. The summed E-state index contributed by atoms with van der Waals surface area (Å²) in [5, 5.41) is 3.49. The van der Waals surface area contributed by atoms with Crippen molar-refractivity contribution >= 4 is 0 Å². The van der Waals surface area contributed by atoms with Gasteiger partial charge in [-0.15, -0.1) is 0 Å². The van der Waals surface area contributed by atoms with Crippen LogP contribution in [0, 0.1) is 0 Å². The van der Waals surface area contributed by atoms with E-state index in [0.717, 1.165) is 19.4 Å². The number of hydrogen-bond donors (Lipinski definition) is 2. The average Bonchev–Trinajstić information content (AvgIpc) is 2.29. The molecule has 0 heterocycles. The van der Waals surface area contributed by atoms with Crippen LogP contribution in [0.4, 0.5) is 0 Å². The molecule has 0 bridgehead atoms. The van der Waals surface area contributed by atoms with Gasteiger partial charge in [-0.25, -0.2) is 0 Å². The number of rotatable bonds is 3. The van der Waals surface area contributed by atoms with Crippen molar-refractivity contribution in [3.8, 4) is 0 Å². The Morgan fingerprint density at radius 2 is 1.69 bits per heavy atom. The van der Waals surface area contributed by atoms with Crippen molar-refractivity contribution in [3.63, 3.8) is 0 Å². The second kappa shape index (κ2) is 6.39. The topological polar surface area (TPSA) is 38.0 Å². The monoisotopic (exact) mass is 262 g/mol. The Labute approximate surface area is 108 Å². The normalized spacial score (nSPS) is 18.8. The molecule has 0 aliphatic heterocycles. The van der Waals surface area contributed by atoms with Gasteiger partial charge in [-0.2, -0.15) is 0 Å². The van der Waals surface area contributed by atoms with Gasteiger partial charge in [0.25, 0.3) is 0 Å². The average molecular weight is 263 g/mol. The Hall–Kier alpha value is -0.366. The van der Waals surface area contributed by atoms with Gasteiger partial charge in [0, 0.05) is 23.0 Å². The van der Waals surface area contributed by atoms with E-state index in [1.54, 1.807) is 0 Å². The molecule has 0 aromatic heterocycles. The molecule has 92 valence electrons. The number of nitrogens with two attached hydrogens (primary N) is 1. The zero-order chi connectivity index (χ0) is 10.6. The molecule has 2 rings (SSSR count). The van der Waals surface area contributed by atoms with Gasteiger partial charge in [0.2, 0.25) is 0 Å². The minimum absolute atomic E-state index is 0. The van der Waals surface area contributed by atoms with Gasteiger partial charge in [-0.3, -0.25) is 5.32 Å². The predicted octanol–water partition coefficient (Wildman–Crippen LogP) is 2.39. The van der Waals surface area contributed by atoms with E-state index in [2.05, 4.69) is 29.6 Å². The summed E-state index contributed by atoms with van der Waals surface area (Å²) in [5.41, 5.74) is 7.49. The second-order valence-corrected chi connectivity index (χ2v) is 4.56. The molecule has 2 nitrogen and oxygen atoms in total. The molecule has 0 saturated heterocycles. The van der Waals surface area contributed by atoms with Crippen molar-refractivity contribution in [2.75, 3.05) is 0 Å². The van der Waals surface area contributed by atoms with Gasteiger partial charge >= 0.3 is 0 Å². The van der Waals surface area contributed by atoms with Crippen molar-refractivity contribution < 1.29 is 16.5 Å². The molecule has 1 aliphatic rings. The summed E-state index contributed by atoms with van der Waals surface area (Å²) in [6, 6.07) is 10.5. The first-order valence-electron chi connectivity index (χ1n) is 5.86. The summed E-state index contributed by atoms with van der Waals surface area (Å²) in [6.45, 7) is 0.886. The van der Waals surface area contributed by atoms with Gasteiger partial charge in [-0.1, -0.05) is 49.6 Å². The molecule has 1 aliphatic carbocycles. The van der Waals surface area contributed by atoms with Gasteiger partial charge in [0.05, 0.1) is 5.66 Å². The maximum atomic E-state index is 6.30. The molecular formula is C13H20N2Ni. The Balaban J connectivity index is 0.00000128. The molecule has 16 heavy (non-hydrogen) atoms. The number of nitrogens with one attached hydrogen (secondary N) is 1.